The average Bonchev–Trinajstić information content (AvgIpc) is 2.23. The molecule has 111 valence electrons. The molecule has 1 heteroatoms. The molecule has 0 aliphatic rings. The van der Waals surface area contributed by atoms with Crippen LogP contribution < -0.4 is 0 Å². The van der Waals surface area contributed by atoms with Crippen LogP contribution in [0.5, 0.6) is 0 Å². The van der Waals surface area contributed by atoms with E-state index in [0.29, 0.717) is 10.1 Å². The number of hydrogen-bond acceptors (Lipinski definition) is 0. The van der Waals surface area contributed by atoms with Gasteiger partial charge in [0.25, 0.3) is 0 Å². The molecule has 0 aromatic carbocycles. The first-order valence-electron chi connectivity index (χ1n) is 8.06. The van der Waals surface area contributed by atoms with E-state index in [2.05, 4.69) is 59.9 Å². The minimum absolute atomic E-state index is 0.372. The molecular weight excluding hydrogens is 244 g/mol. The number of hydrogen-bond donors (Lipinski definition) is 0. The molecule has 0 atom stereocenters. The van der Waals surface area contributed by atoms with Gasteiger partial charge in [-0.3, -0.25) is 0 Å². The van der Waals surface area contributed by atoms with Gasteiger partial charge in [0.1, 0.15) is 0 Å². The summed E-state index contributed by atoms with van der Waals surface area (Å²) in [6.07, 6.45) is 9.29. The summed E-state index contributed by atoms with van der Waals surface area (Å²) < 4.78 is 0. The smallest absolute Gasteiger partial charge is 0.132 e. The highest BCUT2D eigenvalue weighted by atomic mass is 28.3. The van der Waals surface area contributed by atoms with Crippen molar-refractivity contribution in [3.05, 3.63) is 0 Å². The first-order valence-corrected chi connectivity index (χ1v) is 9.56. The van der Waals surface area contributed by atoms with Gasteiger partial charge in [-0.15, -0.1) is 11.5 Å². The summed E-state index contributed by atoms with van der Waals surface area (Å²) in [4.78, 5) is 0. The maximum absolute atomic E-state index is 3.65. The van der Waals surface area contributed by atoms with Crippen LogP contribution in [0.25, 0.3) is 0 Å². The van der Waals surface area contributed by atoms with Crippen LogP contribution in [-0.2, 0) is 0 Å². The van der Waals surface area contributed by atoms with Crippen molar-refractivity contribution < 1.29 is 0 Å². The van der Waals surface area contributed by atoms with Crippen molar-refractivity contribution in [2.24, 2.45) is 0 Å². The first kappa shape index (κ1) is 18.8. The van der Waals surface area contributed by atoms with Crippen LogP contribution in [0.2, 0.25) is 10.1 Å². The van der Waals surface area contributed by atoms with Crippen LogP contribution in [0, 0.1) is 11.5 Å². The molecule has 0 fully saturated rings. The fraction of sp³-hybridized carbons (Fsp3) is 0.889. The Hall–Kier alpha value is -0.223. The van der Waals surface area contributed by atoms with E-state index < -0.39 is 8.80 Å². The van der Waals surface area contributed by atoms with E-state index in [0.717, 1.165) is 6.42 Å². The highest BCUT2D eigenvalue weighted by Crippen LogP contribution is 2.41. The van der Waals surface area contributed by atoms with E-state index in [4.69, 9.17) is 0 Å². The molecule has 0 N–H and O–H groups in total. The minimum atomic E-state index is -0.638. The summed E-state index contributed by atoms with van der Waals surface area (Å²) in [5.41, 5.74) is 3.65. The molecule has 0 aliphatic heterocycles. The van der Waals surface area contributed by atoms with Gasteiger partial charge < -0.3 is 0 Å². The van der Waals surface area contributed by atoms with Gasteiger partial charge in [0, 0.05) is 6.42 Å². The Morgan fingerprint density at radius 3 is 1.68 bits per heavy atom. The van der Waals surface area contributed by atoms with E-state index in [9.17, 15) is 0 Å². The number of unbranched alkanes of at least 4 members (excludes halogenated alkanes) is 6. The molecule has 0 heterocycles. The summed E-state index contributed by atoms with van der Waals surface area (Å²) in [6.45, 7) is 16.4. The van der Waals surface area contributed by atoms with Gasteiger partial charge in [-0.2, -0.15) is 0 Å². The van der Waals surface area contributed by atoms with Crippen molar-refractivity contribution in [3.8, 4) is 11.5 Å². The van der Waals surface area contributed by atoms with Crippen molar-refractivity contribution in [3.63, 3.8) is 0 Å². The Bertz CT molecular complexity index is 266. The van der Waals surface area contributed by atoms with Gasteiger partial charge in [0.05, 0.1) is 0 Å². The van der Waals surface area contributed by atoms with Gasteiger partial charge in [-0.1, -0.05) is 80.6 Å². The monoisotopic (exact) mass is 279 g/mol. The maximum Gasteiger partial charge on any atom is 0.155 e. The van der Waals surface area contributed by atoms with E-state index in [-0.39, 0.29) is 0 Å². The van der Waals surface area contributed by atoms with Crippen molar-refractivity contribution in [2.75, 3.05) is 0 Å². The molecule has 0 aromatic heterocycles. The Labute approximate surface area is 124 Å². The molecule has 0 unspecified atom stereocenters. The van der Waals surface area contributed by atoms with Gasteiger partial charge in [-0.25, -0.2) is 0 Å². The zero-order valence-electron chi connectivity index (χ0n) is 14.4. The standard InChI is InChI=1S/C18H35Si/c1-8-9-10-11-12-13-14-15-16-19(17(2,3)4)18(5,6)7/h8-14H2,1-7H3. The Morgan fingerprint density at radius 2 is 1.21 bits per heavy atom. The molecule has 0 nitrogen and oxygen atoms in total. The SMILES string of the molecule is CCCCCCCCC#C[Si](C(C)(C)C)C(C)(C)C. The Morgan fingerprint density at radius 1 is 0.737 bits per heavy atom. The van der Waals surface area contributed by atoms with E-state index in [1.165, 1.54) is 38.5 Å². The normalized spacial score (nSPS) is 12.4. The van der Waals surface area contributed by atoms with Crippen LogP contribution in [0.3, 0.4) is 0 Å². The third-order valence-electron chi connectivity index (χ3n) is 3.37. The lowest BCUT2D eigenvalue weighted by atomic mass is 10.1. The summed E-state index contributed by atoms with van der Waals surface area (Å²) in [5.74, 6) is 3.48. The first-order chi connectivity index (χ1) is 8.69. The fourth-order valence-corrected chi connectivity index (χ4v) is 5.95. The van der Waals surface area contributed by atoms with Gasteiger partial charge in [0.15, 0.2) is 8.80 Å². The molecule has 0 aliphatic carbocycles. The van der Waals surface area contributed by atoms with E-state index >= 15 is 0 Å². The lowest BCUT2D eigenvalue weighted by Crippen LogP contribution is -2.33. The lowest BCUT2D eigenvalue weighted by Gasteiger charge is -2.34. The van der Waals surface area contributed by atoms with Crippen LogP contribution >= 0.6 is 0 Å². The topological polar surface area (TPSA) is 0 Å². The largest absolute Gasteiger partial charge is 0.155 e. The van der Waals surface area contributed by atoms with Crippen molar-refractivity contribution in [1.29, 1.82) is 0 Å². The van der Waals surface area contributed by atoms with Crippen LogP contribution in [0.4, 0.5) is 0 Å². The average molecular weight is 280 g/mol. The fourth-order valence-electron chi connectivity index (χ4n) is 2.64. The van der Waals surface area contributed by atoms with Crippen LogP contribution in [0.15, 0.2) is 0 Å². The Kier molecular flexibility index (Phi) is 8.75. The summed E-state index contributed by atoms with van der Waals surface area (Å²) in [7, 11) is -0.638. The molecule has 0 spiro atoms. The molecule has 0 rings (SSSR count). The summed E-state index contributed by atoms with van der Waals surface area (Å²) >= 11 is 0. The molecule has 0 saturated heterocycles. The minimum Gasteiger partial charge on any atom is -0.132 e. The third-order valence-corrected chi connectivity index (χ3v) is 6.80. The zero-order chi connectivity index (χ0) is 14.9. The van der Waals surface area contributed by atoms with Crippen LogP contribution in [0.1, 0.15) is 93.4 Å². The Balaban J connectivity index is 4.09. The van der Waals surface area contributed by atoms with Gasteiger partial charge in [0.2, 0.25) is 0 Å². The highest BCUT2D eigenvalue weighted by molar-refractivity contribution is 6.73. The summed E-state index contributed by atoms with van der Waals surface area (Å²) in [5, 5.41) is 0.744. The summed E-state index contributed by atoms with van der Waals surface area (Å²) in [6, 6.07) is 0. The molecular formula is C18H35Si. The third kappa shape index (κ3) is 9.33. The molecule has 0 saturated carbocycles. The molecule has 0 bridgehead atoms. The van der Waals surface area contributed by atoms with Crippen molar-refractivity contribution in [1.82, 2.24) is 0 Å². The zero-order valence-corrected chi connectivity index (χ0v) is 15.4. The second-order valence-corrected chi connectivity index (χ2v) is 11.7. The lowest BCUT2D eigenvalue weighted by molar-refractivity contribution is 0.614. The van der Waals surface area contributed by atoms with E-state index in [1.807, 2.05) is 0 Å². The van der Waals surface area contributed by atoms with Crippen LogP contribution in [-0.4, -0.2) is 8.80 Å². The molecule has 1 radical (unpaired) electrons. The van der Waals surface area contributed by atoms with E-state index in [1.54, 1.807) is 0 Å². The second-order valence-electron chi connectivity index (χ2n) is 7.69. The second kappa shape index (κ2) is 8.85. The highest BCUT2D eigenvalue weighted by Gasteiger charge is 2.35. The molecule has 0 aromatic rings. The molecule has 19 heavy (non-hydrogen) atoms. The number of rotatable bonds is 6. The quantitative estimate of drug-likeness (QED) is 0.301. The van der Waals surface area contributed by atoms with Crippen molar-refractivity contribution in [2.45, 2.75) is 103 Å². The van der Waals surface area contributed by atoms with Crippen molar-refractivity contribution >= 4 is 8.80 Å². The van der Waals surface area contributed by atoms with Gasteiger partial charge in [-0.05, 0) is 16.5 Å². The predicted octanol–water partition coefficient (Wildman–Crippen LogP) is 6.37. The molecule has 0 amide bonds. The van der Waals surface area contributed by atoms with Gasteiger partial charge >= 0.3 is 0 Å². The maximum atomic E-state index is 3.65. The predicted molar refractivity (Wildman–Crippen MR) is 91.0 cm³/mol.